The van der Waals surface area contributed by atoms with E-state index in [-0.39, 0.29) is 18.8 Å². The first-order valence-corrected chi connectivity index (χ1v) is 11.5. The van der Waals surface area contributed by atoms with E-state index in [0.717, 1.165) is 74.6 Å². The molecule has 2 aromatic rings. The zero-order valence-electron chi connectivity index (χ0n) is 18.1. The highest BCUT2D eigenvalue weighted by Gasteiger charge is 2.21. The largest absolute Gasteiger partial charge is 0.489 e. The van der Waals surface area contributed by atoms with Crippen LogP contribution >= 0.6 is 11.6 Å². The quantitative estimate of drug-likeness (QED) is 0.644. The lowest BCUT2D eigenvalue weighted by Crippen LogP contribution is -2.42. The normalized spacial score (nSPS) is 21.2. The van der Waals surface area contributed by atoms with Gasteiger partial charge in [0.25, 0.3) is 0 Å². The number of rotatable bonds is 7. The van der Waals surface area contributed by atoms with Crippen molar-refractivity contribution in [1.29, 1.82) is 0 Å². The number of aromatic nitrogens is 2. The first-order chi connectivity index (χ1) is 15.1. The molecule has 1 unspecified atom stereocenters. The van der Waals surface area contributed by atoms with Gasteiger partial charge in [0.05, 0.1) is 11.9 Å². The summed E-state index contributed by atoms with van der Waals surface area (Å²) in [7, 11) is 2.14. The van der Waals surface area contributed by atoms with Gasteiger partial charge in [-0.15, -0.1) is 0 Å². The van der Waals surface area contributed by atoms with Crippen LogP contribution in [0.4, 0.5) is 10.1 Å². The molecule has 2 aliphatic rings. The molecular formula is C23H31ClFN5O. The third-order valence-corrected chi connectivity index (χ3v) is 6.32. The van der Waals surface area contributed by atoms with Gasteiger partial charge in [-0.1, -0.05) is 11.6 Å². The molecule has 4 heterocycles. The zero-order valence-corrected chi connectivity index (χ0v) is 18.8. The lowest BCUT2D eigenvalue weighted by molar-refractivity contribution is 0.114. The van der Waals surface area contributed by atoms with Gasteiger partial charge in [-0.25, -0.2) is 9.37 Å². The molecule has 0 amide bonds. The van der Waals surface area contributed by atoms with Crippen molar-refractivity contribution >= 4 is 17.3 Å². The van der Waals surface area contributed by atoms with Crippen LogP contribution < -0.4 is 10.1 Å². The summed E-state index contributed by atoms with van der Waals surface area (Å²) in [6, 6.07) is 6.03. The Kier molecular flexibility index (Phi) is 7.58. The number of halogens is 2. The summed E-state index contributed by atoms with van der Waals surface area (Å²) < 4.78 is 18.9. The van der Waals surface area contributed by atoms with Crippen molar-refractivity contribution in [2.75, 3.05) is 51.8 Å². The first kappa shape index (κ1) is 22.2. The summed E-state index contributed by atoms with van der Waals surface area (Å²) in [4.78, 5) is 13.4. The summed E-state index contributed by atoms with van der Waals surface area (Å²) in [6.45, 7) is 4.07. The molecule has 0 aliphatic carbocycles. The SMILES string of the molecule is CN1CCC(Oc2ccc(-c3cnc(Cl)cc3NC3CCCN(CCF)C3)nc2)CC1. The smallest absolute Gasteiger partial charge is 0.138 e. The van der Waals surface area contributed by atoms with E-state index < -0.39 is 0 Å². The van der Waals surface area contributed by atoms with Crippen LogP contribution in [0.15, 0.2) is 30.6 Å². The van der Waals surface area contributed by atoms with Crippen molar-refractivity contribution in [3.63, 3.8) is 0 Å². The van der Waals surface area contributed by atoms with E-state index in [0.29, 0.717) is 11.7 Å². The Labute approximate surface area is 188 Å². The monoisotopic (exact) mass is 447 g/mol. The summed E-state index contributed by atoms with van der Waals surface area (Å²) >= 11 is 6.19. The van der Waals surface area contributed by atoms with Crippen molar-refractivity contribution < 1.29 is 9.13 Å². The maximum absolute atomic E-state index is 12.8. The Hall–Kier alpha value is -1.96. The number of nitrogens with one attached hydrogen (secondary N) is 1. The number of alkyl halides is 1. The number of piperidine rings is 2. The van der Waals surface area contributed by atoms with Crippen molar-refractivity contribution in [3.8, 4) is 17.0 Å². The molecule has 0 aromatic carbocycles. The molecule has 8 heteroatoms. The van der Waals surface area contributed by atoms with Gasteiger partial charge >= 0.3 is 0 Å². The molecule has 168 valence electrons. The molecule has 2 aliphatic heterocycles. The van der Waals surface area contributed by atoms with Gasteiger partial charge in [-0.3, -0.25) is 9.88 Å². The number of anilines is 1. The lowest BCUT2D eigenvalue weighted by atomic mass is 10.0. The molecule has 0 saturated carbocycles. The summed E-state index contributed by atoms with van der Waals surface area (Å²) in [5.41, 5.74) is 2.63. The third-order valence-electron chi connectivity index (χ3n) is 6.12. The molecule has 1 atom stereocenters. The van der Waals surface area contributed by atoms with Gasteiger partial charge in [0.15, 0.2) is 0 Å². The van der Waals surface area contributed by atoms with Crippen LogP contribution in [-0.4, -0.2) is 78.4 Å². The topological polar surface area (TPSA) is 53.5 Å². The molecule has 0 radical (unpaired) electrons. The molecular weight excluding hydrogens is 417 g/mol. The molecule has 0 spiro atoms. The van der Waals surface area contributed by atoms with Crippen molar-refractivity contribution in [2.45, 2.75) is 37.8 Å². The predicted molar refractivity (Wildman–Crippen MR) is 123 cm³/mol. The highest BCUT2D eigenvalue weighted by Crippen LogP contribution is 2.30. The predicted octanol–water partition coefficient (Wildman–Crippen LogP) is 4.12. The minimum atomic E-state index is -0.311. The molecule has 6 nitrogen and oxygen atoms in total. The maximum Gasteiger partial charge on any atom is 0.138 e. The Bertz CT molecular complexity index is 842. The van der Waals surface area contributed by atoms with E-state index in [2.05, 4.69) is 32.1 Å². The Balaban J connectivity index is 1.45. The Morgan fingerprint density at radius 1 is 1.16 bits per heavy atom. The Morgan fingerprint density at radius 3 is 2.74 bits per heavy atom. The second-order valence-electron chi connectivity index (χ2n) is 8.53. The molecule has 1 N–H and O–H groups in total. The van der Waals surface area contributed by atoms with Gasteiger partial charge in [0, 0.05) is 49.7 Å². The van der Waals surface area contributed by atoms with Gasteiger partial charge in [-0.2, -0.15) is 0 Å². The minimum absolute atomic E-state index is 0.240. The van der Waals surface area contributed by atoms with E-state index >= 15 is 0 Å². The van der Waals surface area contributed by atoms with Crippen LogP contribution in [0.1, 0.15) is 25.7 Å². The number of nitrogens with zero attached hydrogens (tertiary/aromatic N) is 4. The number of hydrogen-bond donors (Lipinski definition) is 1. The van der Waals surface area contributed by atoms with Crippen molar-refractivity contribution in [1.82, 2.24) is 19.8 Å². The van der Waals surface area contributed by atoms with Crippen LogP contribution in [0.3, 0.4) is 0 Å². The first-order valence-electron chi connectivity index (χ1n) is 11.1. The molecule has 2 aromatic heterocycles. The molecule has 2 fully saturated rings. The van der Waals surface area contributed by atoms with Gasteiger partial charge in [0.2, 0.25) is 0 Å². The summed E-state index contributed by atoms with van der Waals surface area (Å²) in [5, 5.41) is 4.03. The second-order valence-corrected chi connectivity index (χ2v) is 8.91. The number of likely N-dealkylation sites (tertiary alicyclic amines) is 2. The fourth-order valence-corrected chi connectivity index (χ4v) is 4.53. The van der Waals surface area contributed by atoms with Crippen LogP contribution in [0.5, 0.6) is 5.75 Å². The number of hydrogen-bond acceptors (Lipinski definition) is 6. The second kappa shape index (κ2) is 10.6. The molecule has 4 rings (SSSR count). The molecule has 2 saturated heterocycles. The average Bonchev–Trinajstić information content (AvgIpc) is 2.77. The fourth-order valence-electron chi connectivity index (χ4n) is 4.37. The maximum atomic E-state index is 12.8. The molecule has 31 heavy (non-hydrogen) atoms. The van der Waals surface area contributed by atoms with Crippen molar-refractivity contribution in [3.05, 3.63) is 35.7 Å². The third kappa shape index (κ3) is 6.05. The van der Waals surface area contributed by atoms with Gasteiger partial charge in [-0.05, 0) is 57.5 Å². The van der Waals surface area contributed by atoms with Gasteiger partial charge in [0.1, 0.15) is 23.7 Å². The van der Waals surface area contributed by atoms with Crippen molar-refractivity contribution in [2.24, 2.45) is 0 Å². The lowest BCUT2D eigenvalue weighted by Gasteiger charge is -2.33. The number of ether oxygens (including phenoxy) is 1. The van der Waals surface area contributed by atoms with Crippen LogP contribution in [-0.2, 0) is 0 Å². The van der Waals surface area contributed by atoms with Crippen LogP contribution in [0.25, 0.3) is 11.3 Å². The van der Waals surface area contributed by atoms with Crippen LogP contribution in [0.2, 0.25) is 5.15 Å². The summed E-state index contributed by atoms with van der Waals surface area (Å²) in [6.07, 6.45) is 7.95. The van der Waals surface area contributed by atoms with E-state index in [1.165, 1.54) is 0 Å². The van der Waals surface area contributed by atoms with E-state index in [1.807, 2.05) is 18.2 Å². The standard InChI is InChI=1S/C23H31ClFN5O/c1-29-10-6-18(7-11-29)31-19-4-5-21(26-14-19)20-15-27-23(24)13-22(20)28-17-3-2-9-30(16-17)12-8-25/h4-5,13-15,17-18H,2-3,6-12,16H2,1H3,(H,27,28). The summed E-state index contributed by atoms with van der Waals surface area (Å²) in [5.74, 6) is 0.795. The van der Waals surface area contributed by atoms with E-state index in [1.54, 1.807) is 12.4 Å². The molecule has 0 bridgehead atoms. The highest BCUT2D eigenvalue weighted by atomic mass is 35.5. The average molecular weight is 448 g/mol. The van der Waals surface area contributed by atoms with Crippen LogP contribution in [0, 0.1) is 0 Å². The van der Waals surface area contributed by atoms with Gasteiger partial charge < -0.3 is 15.0 Å². The van der Waals surface area contributed by atoms with E-state index in [4.69, 9.17) is 16.3 Å². The Morgan fingerprint density at radius 2 is 2.00 bits per heavy atom. The fraction of sp³-hybridized carbons (Fsp3) is 0.565. The zero-order chi connectivity index (χ0) is 21.6. The highest BCUT2D eigenvalue weighted by molar-refractivity contribution is 6.29. The van der Waals surface area contributed by atoms with E-state index in [9.17, 15) is 4.39 Å². The number of pyridine rings is 2. The minimum Gasteiger partial charge on any atom is -0.489 e.